The topological polar surface area (TPSA) is 85.3 Å². The molecule has 1 saturated heterocycles. The van der Waals surface area contributed by atoms with Crippen molar-refractivity contribution in [3.63, 3.8) is 0 Å². The zero-order valence-electron chi connectivity index (χ0n) is 18.7. The predicted molar refractivity (Wildman–Crippen MR) is 121 cm³/mol. The Morgan fingerprint density at radius 1 is 1.19 bits per heavy atom. The Morgan fingerprint density at radius 2 is 1.92 bits per heavy atom. The number of nitrogens with zero attached hydrogens (tertiary/aromatic N) is 2. The molecule has 3 aliphatic rings. The summed E-state index contributed by atoms with van der Waals surface area (Å²) in [5.41, 5.74) is -2.01. The van der Waals surface area contributed by atoms with Crippen molar-refractivity contribution >= 4 is 33.1 Å². The number of ether oxygens (including phenoxy) is 1. The Hall–Kier alpha value is -2.70. The largest absolute Gasteiger partial charge is 0.435 e. The minimum atomic E-state index is -4.86. The molecule has 0 bridgehead atoms. The van der Waals surface area contributed by atoms with Gasteiger partial charge in [0.05, 0.1) is 30.4 Å². The van der Waals surface area contributed by atoms with E-state index in [0.717, 1.165) is 35.6 Å². The van der Waals surface area contributed by atoms with Crippen LogP contribution in [0.2, 0.25) is 5.02 Å². The van der Waals surface area contributed by atoms with Gasteiger partial charge in [0.1, 0.15) is 17.2 Å². The van der Waals surface area contributed by atoms with Gasteiger partial charge < -0.3 is 14.5 Å². The second-order valence-corrected chi connectivity index (χ2v) is 11.8. The SMILES string of the molecule is CS(=O)(=O)CC(=O)N1CC2(C1)OCc1cc(C3=NO[C@@](c4ccc(F)c(Cl)c4)(C(F)(F)F)C3)ccc12. The van der Waals surface area contributed by atoms with Crippen molar-refractivity contribution in [3.8, 4) is 0 Å². The number of fused-ring (bicyclic) bond motifs is 2. The van der Waals surface area contributed by atoms with E-state index in [1.54, 1.807) is 18.2 Å². The van der Waals surface area contributed by atoms with Gasteiger partial charge in [-0.15, -0.1) is 0 Å². The third-order valence-electron chi connectivity index (χ3n) is 6.64. The summed E-state index contributed by atoms with van der Waals surface area (Å²) in [6.45, 7) is 0.532. The second kappa shape index (κ2) is 8.15. The van der Waals surface area contributed by atoms with Crippen LogP contribution in [0.25, 0.3) is 0 Å². The first-order valence-electron chi connectivity index (χ1n) is 10.7. The van der Waals surface area contributed by atoms with Crippen molar-refractivity contribution in [1.82, 2.24) is 4.90 Å². The lowest BCUT2D eigenvalue weighted by atomic mass is 9.83. The van der Waals surface area contributed by atoms with Gasteiger partial charge in [0, 0.05) is 18.2 Å². The summed E-state index contributed by atoms with van der Waals surface area (Å²) in [7, 11) is -3.46. The van der Waals surface area contributed by atoms with Crippen LogP contribution in [0, 0.1) is 5.82 Å². The summed E-state index contributed by atoms with van der Waals surface area (Å²) in [5, 5.41) is 3.27. The van der Waals surface area contributed by atoms with Crippen LogP contribution in [0.4, 0.5) is 17.6 Å². The first-order chi connectivity index (χ1) is 16.7. The van der Waals surface area contributed by atoms with Gasteiger partial charge in [-0.2, -0.15) is 13.2 Å². The first-order valence-corrected chi connectivity index (χ1v) is 13.2. The average molecular weight is 547 g/mol. The lowest BCUT2D eigenvalue weighted by Crippen LogP contribution is -2.62. The molecule has 2 aromatic rings. The monoisotopic (exact) mass is 546 g/mol. The molecule has 1 atom stereocenters. The molecule has 36 heavy (non-hydrogen) atoms. The molecular formula is C23H19ClF4N2O5S. The average Bonchev–Trinajstić information content (AvgIpc) is 3.36. The van der Waals surface area contributed by atoms with Crippen LogP contribution in [-0.4, -0.2) is 56.2 Å². The number of hydrogen-bond acceptors (Lipinski definition) is 6. The Kier molecular flexibility index (Phi) is 5.66. The van der Waals surface area contributed by atoms with Crippen LogP contribution in [0.3, 0.4) is 0 Å². The summed E-state index contributed by atoms with van der Waals surface area (Å²) in [4.78, 5) is 18.5. The molecule has 0 saturated carbocycles. The number of amides is 1. The van der Waals surface area contributed by atoms with Crippen LogP contribution >= 0.6 is 11.6 Å². The summed E-state index contributed by atoms with van der Waals surface area (Å²) in [5.74, 6) is -1.95. The Labute approximate surface area is 208 Å². The van der Waals surface area contributed by atoms with Gasteiger partial charge in [0.25, 0.3) is 5.60 Å². The maximum Gasteiger partial charge on any atom is 0.435 e. The van der Waals surface area contributed by atoms with E-state index in [0.29, 0.717) is 5.56 Å². The molecule has 0 aromatic heterocycles. The highest BCUT2D eigenvalue weighted by molar-refractivity contribution is 7.91. The maximum atomic E-state index is 14.2. The van der Waals surface area contributed by atoms with Gasteiger partial charge in [-0.05, 0) is 34.9 Å². The number of carbonyl (C=O) groups excluding carboxylic acids is 1. The predicted octanol–water partition coefficient (Wildman–Crippen LogP) is 3.67. The number of likely N-dealkylation sites (tertiary alicyclic amines) is 1. The first kappa shape index (κ1) is 25.0. The standard InChI is InChI=1S/C23H19ClF4N2O5S/c1-36(32,33)10-20(31)30-11-21(12-30)16-4-2-13(6-14(16)9-34-21)19-8-22(35-29-19,23(26,27)28)15-3-5-18(25)17(24)7-15/h2-7H,8-12H2,1H3/t22-/m0/s1. The number of sulfone groups is 1. The molecule has 3 aliphatic heterocycles. The third kappa shape index (κ3) is 4.04. The van der Waals surface area contributed by atoms with Crippen molar-refractivity contribution in [1.29, 1.82) is 0 Å². The minimum absolute atomic E-state index is 0.0510. The van der Waals surface area contributed by atoms with Crippen LogP contribution in [-0.2, 0) is 42.0 Å². The zero-order chi connectivity index (χ0) is 26.1. The van der Waals surface area contributed by atoms with E-state index in [-0.39, 0.29) is 31.0 Å². The van der Waals surface area contributed by atoms with E-state index in [9.17, 15) is 30.8 Å². The van der Waals surface area contributed by atoms with Gasteiger partial charge >= 0.3 is 6.18 Å². The smallest absolute Gasteiger partial charge is 0.374 e. The van der Waals surface area contributed by atoms with Crippen LogP contribution < -0.4 is 0 Å². The summed E-state index contributed by atoms with van der Waals surface area (Å²) in [6.07, 6.45) is -4.52. The van der Waals surface area contributed by atoms with Crippen LogP contribution in [0.5, 0.6) is 0 Å². The molecule has 192 valence electrons. The molecule has 0 unspecified atom stereocenters. The van der Waals surface area contributed by atoms with E-state index in [4.69, 9.17) is 21.2 Å². The van der Waals surface area contributed by atoms with Crippen LogP contribution in [0.1, 0.15) is 28.7 Å². The molecular weight excluding hydrogens is 528 g/mol. The molecule has 2 aromatic carbocycles. The molecule has 13 heteroatoms. The number of rotatable bonds is 4. The number of alkyl halides is 3. The molecule has 1 fully saturated rings. The summed E-state index contributed by atoms with van der Waals surface area (Å²) >= 11 is 5.73. The fourth-order valence-corrected chi connectivity index (χ4v) is 5.57. The molecule has 7 nitrogen and oxygen atoms in total. The fourth-order valence-electron chi connectivity index (χ4n) is 4.76. The summed E-state index contributed by atoms with van der Waals surface area (Å²) in [6, 6.07) is 7.68. The van der Waals surface area contributed by atoms with E-state index in [2.05, 4.69) is 5.16 Å². The molecule has 0 N–H and O–H groups in total. The van der Waals surface area contributed by atoms with Crippen molar-refractivity contribution in [2.24, 2.45) is 5.16 Å². The summed E-state index contributed by atoms with van der Waals surface area (Å²) < 4.78 is 84.8. The number of benzene rings is 2. The number of halogens is 5. The number of hydrogen-bond donors (Lipinski definition) is 0. The van der Waals surface area contributed by atoms with Gasteiger partial charge in [-0.3, -0.25) is 4.79 Å². The van der Waals surface area contributed by atoms with Crippen molar-refractivity contribution < 1.29 is 40.3 Å². The Balaban J connectivity index is 1.37. The number of carbonyl (C=O) groups is 1. The molecule has 0 aliphatic carbocycles. The normalized spacial score (nSPS) is 22.7. The lowest BCUT2D eigenvalue weighted by Gasteiger charge is -2.47. The Bertz CT molecular complexity index is 1410. The zero-order valence-corrected chi connectivity index (χ0v) is 20.3. The molecule has 1 amide bonds. The van der Waals surface area contributed by atoms with Crippen LogP contribution in [0.15, 0.2) is 41.6 Å². The molecule has 3 heterocycles. The van der Waals surface area contributed by atoms with Crippen molar-refractivity contribution in [3.05, 3.63) is 69.5 Å². The van der Waals surface area contributed by atoms with Gasteiger partial charge in [-0.25, -0.2) is 12.8 Å². The van der Waals surface area contributed by atoms with E-state index in [1.807, 2.05) is 0 Å². The van der Waals surface area contributed by atoms with E-state index < -0.39 is 56.1 Å². The third-order valence-corrected chi connectivity index (χ3v) is 7.70. The van der Waals surface area contributed by atoms with E-state index >= 15 is 0 Å². The minimum Gasteiger partial charge on any atom is -0.374 e. The quantitative estimate of drug-likeness (QED) is 0.546. The van der Waals surface area contributed by atoms with E-state index in [1.165, 1.54) is 4.90 Å². The molecule has 1 spiro atoms. The highest BCUT2D eigenvalue weighted by Gasteiger charge is 2.62. The van der Waals surface area contributed by atoms with Gasteiger partial charge in [0.2, 0.25) is 5.91 Å². The highest BCUT2D eigenvalue weighted by Crippen LogP contribution is 2.50. The molecule has 0 radical (unpaired) electrons. The van der Waals surface area contributed by atoms with Gasteiger partial charge in [0.15, 0.2) is 9.84 Å². The van der Waals surface area contributed by atoms with Crippen molar-refractivity contribution in [2.45, 2.75) is 30.4 Å². The van der Waals surface area contributed by atoms with Crippen molar-refractivity contribution in [2.75, 3.05) is 25.1 Å². The fraction of sp³-hybridized carbons (Fsp3) is 0.391. The maximum absolute atomic E-state index is 14.2. The second-order valence-electron chi connectivity index (χ2n) is 9.23. The molecule has 5 rings (SSSR count). The van der Waals surface area contributed by atoms with Gasteiger partial charge in [-0.1, -0.05) is 35.0 Å². The lowest BCUT2D eigenvalue weighted by molar-refractivity contribution is -0.275. The Morgan fingerprint density at radius 3 is 2.56 bits per heavy atom. The highest BCUT2D eigenvalue weighted by atomic mass is 35.5. The number of oxime groups is 1.